The van der Waals surface area contributed by atoms with Crippen LogP contribution in [0.2, 0.25) is 0 Å². The predicted molar refractivity (Wildman–Crippen MR) is 48.2 cm³/mol. The Balaban J connectivity index is 3.03. The van der Waals surface area contributed by atoms with Crippen molar-refractivity contribution in [1.29, 1.82) is 0 Å². The molecule has 1 heterocycles. The summed E-state index contributed by atoms with van der Waals surface area (Å²) in [5.74, 6) is 0. The van der Waals surface area contributed by atoms with E-state index in [4.69, 9.17) is 0 Å². The van der Waals surface area contributed by atoms with E-state index in [1.54, 1.807) is 10.6 Å². The summed E-state index contributed by atoms with van der Waals surface area (Å²) in [5.41, 5.74) is 6.48. The van der Waals surface area contributed by atoms with Crippen LogP contribution in [0.1, 0.15) is 10.5 Å². The van der Waals surface area contributed by atoms with E-state index in [1.165, 1.54) is 0 Å². The van der Waals surface area contributed by atoms with Crippen molar-refractivity contribution in [2.75, 3.05) is 0 Å². The Hall–Kier alpha value is -1.88. The molecule has 0 bridgehead atoms. The maximum absolute atomic E-state index is 10.6. The second kappa shape index (κ2) is 2.87. The van der Waals surface area contributed by atoms with Crippen molar-refractivity contribution in [1.82, 2.24) is 0 Å². The number of fused-ring (bicyclic) bond motifs is 1. The lowest BCUT2D eigenvalue weighted by Gasteiger charge is -1.92. The molecule has 1 aliphatic carbocycles. The predicted octanol–water partition coefficient (Wildman–Crippen LogP) is -0.792. The van der Waals surface area contributed by atoms with Gasteiger partial charge in [-0.3, -0.25) is 4.79 Å². The van der Waals surface area contributed by atoms with Crippen molar-refractivity contribution >= 4 is 18.1 Å². The summed E-state index contributed by atoms with van der Waals surface area (Å²) in [4.78, 5) is 10.6. The zero-order chi connectivity index (χ0) is 9.26. The fraction of sp³-hybridized carbons (Fsp3) is 0.0909. The summed E-state index contributed by atoms with van der Waals surface area (Å²) in [5, 5.41) is 1.96. The smallest absolute Gasteiger partial charge is 0.264 e. The largest absolute Gasteiger partial charge is 0.291 e. The number of pyridine rings is 1. The van der Waals surface area contributed by atoms with Crippen molar-refractivity contribution in [3.05, 3.63) is 40.2 Å². The van der Waals surface area contributed by atoms with Gasteiger partial charge in [0.2, 0.25) is 12.0 Å². The molecule has 0 radical (unpaired) electrons. The average molecular weight is 170 g/mol. The van der Waals surface area contributed by atoms with Crippen molar-refractivity contribution in [3.63, 3.8) is 0 Å². The van der Waals surface area contributed by atoms with Gasteiger partial charge in [0.25, 0.3) is 5.35 Å². The Morgan fingerprint density at radius 2 is 2.31 bits per heavy atom. The summed E-state index contributed by atoms with van der Waals surface area (Å²) >= 11 is 0. The first kappa shape index (κ1) is 7.75. The van der Waals surface area contributed by atoms with Gasteiger partial charge in [0, 0.05) is 11.8 Å². The number of aromatic nitrogens is 1. The number of carbonyl (C=O) groups excluding carboxylic acids is 1. The molecule has 0 saturated carbocycles. The van der Waals surface area contributed by atoms with Gasteiger partial charge in [-0.05, 0) is 18.2 Å². The third-order valence-electron chi connectivity index (χ3n) is 2.09. The van der Waals surface area contributed by atoms with Gasteiger partial charge in [-0.1, -0.05) is 5.73 Å². The van der Waals surface area contributed by atoms with Crippen LogP contribution in [0.15, 0.2) is 23.9 Å². The zero-order valence-corrected chi connectivity index (χ0v) is 7.24. The highest BCUT2D eigenvalue weighted by molar-refractivity contribution is 5.69. The molecule has 0 aliphatic heterocycles. The second-order valence-corrected chi connectivity index (χ2v) is 2.84. The number of hydrogen-bond acceptors (Lipinski definition) is 1. The monoisotopic (exact) mass is 170 g/mol. The van der Waals surface area contributed by atoms with Crippen LogP contribution < -0.4 is 15.1 Å². The first-order chi connectivity index (χ1) is 6.33. The van der Waals surface area contributed by atoms with Crippen LogP contribution >= 0.6 is 0 Å². The molecule has 2 nitrogen and oxygen atoms in total. The van der Waals surface area contributed by atoms with Gasteiger partial charge in [0.05, 0.1) is 5.22 Å². The normalized spacial score (nSPS) is 11.5. The molecule has 0 spiro atoms. The molecule has 62 valence electrons. The van der Waals surface area contributed by atoms with Crippen LogP contribution in [0.4, 0.5) is 0 Å². The Labute approximate surface area is 75.4 Å². The molecule has 0 amide bonds. The molecule has 0 aromatic carbocycles. The van der Waals surface area contributed by atoms with Crippen molar-refractivity contribution in [2.24, 2.45) is 7.05 Å². The summed E-state index contributed by atoms with van der Waals surface area (Å²) in [6.45, 7) is 0. The van der Waals surface area contributed by atoms with E-state index < -0.39 is 0 Å². The fourth-order valence-electron chi connectivity index (χ4n) is 1.34. The van der Waals surface area contributed by atoms with Crippen LogP contribution in [0.5, 0.6) is 0 Å². The molecule has 0 saturated heterocycles. The number of rotatable bonds is 1. The molecule has 0 atom stereocenters. The molecule has 2 heteroatoms. The zero-order valence-electron chi connectivity index (χ0n) is 7.24. The first-order valence-electron chi connectivity index (χ1n) is 3.99. The van der Waals surface area contributed by atoms with Gasteiger partial charge in [-0.2, -0.15) is 4.57 Å². The minimum absolute atomic E-state index is 0.642. The van der Waals surface area contributed by atoms with Gasteiger partial charge in [0.1, 0.15) is 7.05 Å². The number of nitrogens with zero attached hydrogens (tertiary/aromatic N) is 1. The van der Waals surface area contributed by atoms with E-state index in [-0.39, 0.29) is 0 Å². The highest BCUT2D eigenvalue weighted by atomic mass is 16.1. The van der Waals surface area contributed by atoms with Crippen molar-refractivity contribution in [3.8, 4) is 0 Å². The highest BCUT2D eigenvalue weighted by Crippen LogP contribution is 1.79. The van der Waals surface area contributed by atoms with Crippen LogP contribution in [-0.4, -0.2) is 6.29 Å². The van der Waals surface area contributed by atoms with Crippen LogP contribution in [0, 0.1) is 0 Å². The summed E-state index contributed by atoms with van der Waals surface area (Å²) < 4.78 is 1.80. The summed E-state index contributed by atoms with van der Waals surface area (Å²) in [6, 6.07) is 3.70. The quantitative estimate of drug-likeness (QED) is 0.307. The Morgan fingerprint density at radius 1 is 1.46 bits per heavy atom. The summed E-state index contributed by atoms with van der Waals surface area (Å²) in [7, 11) is 1.84. The minimum Gasteiger partial charge on any atom is -0.291 e. The molecule has 2 rings (SSSR count). The minimum atomic E-state index is 0.642. The lowest BCUT2D eigenvalue weighted by atomic mass is 10.2. The molecule has 0 fully saturated rings. The Kier molecular flexibility index (Phi) is 1.71. The molecular formula is C11H8NO+. The van der Waals surface area contributed by atoms with Crippen molar-refractivity contribution < 1.29 is 9.36 Å². The van der Waals surface area contributed by atoms with Gasteiger partial charge in [-0.25, -0.2) is 0 Å². The van der Waals surface area contributed by atoms with Gasteiger partial charge in [-0.15, -0.1) is 0 Å². The van der Waals surface area contributed by atoms with Crippen molar-refractivity contribution in [2.45, 2.75) is 0 Å². The highest BCUT2D eigenvalue weighted by Gasteiger charge is 2.06. The Morgan fingerprint density at radius 3 is 3.08 bits per heavy atom. The topological polar surface area (TPSA) is 20.9 Å². The molecule has 0 unspecified atom stereocenters. The van der Waals surface area contributed by atoms with Gasteiger partial charge >= 0.3 is 0 Å². The third-order valence-corrected chi connectivity index (χ3v) is 2.09. The van der Waals surface area contributed by atoms with E-state index in [9.17, 15) is 4.79 Å². The number of hydrogen-bond donors (Lipinski definition) is 0. The van der Waals surface area contributed by atoms with Gasteiger partial charge < -0.3 is 0 Å². The lowest BCUT2D eigenvalue weighted by Crippen LogP contribution is -2.56. The van der Waals surface area contributed by atoms with Crippen LogP contribution in [-0.2, 0) is 7.05 Å². The fourth-order valence-corrected chi connectivity index (χ4v) is 1.34. The average Bonchev–Trinajstić information content (AvgIpc) is 2.19. The van der Waals surface area contributed by atoms with E-state index in [1.807, 2.05) is 25.3 Å². The van der Waals surface area contributed by atoms with E-state index in [0.29, 0.717) is 5.69 Å². The van der Waals surface area contributed by atoms with Gasteiger partial charge in [0.15, 0.2) is 0 Å². The molecule has 0 N–H and O–H groups in total. The maximum atomic E-state index is 10.6. The third kappa shape index (κ3) is 1.15. The standard InChI is InChI=1S/C11H8NO/c1-12-10(8-13)7-6-9-4-2-3-5-11(9)12/h2,4,6-8H,1H3/q+1. The van der Waals surface area contributed by atoms with E-state index in [2.05, 4.69) is 11.5 Å². The Bertz CT molecular complexity index is 556. The molecule has 1 aliphatic rings. The van der Waals surface area contributed by atoms with Crippen LogP contribution in [0.3, 0.4) is 0 Å². The number of allylic oxidation sites excluding steroid dienone is 1. The maximum Gasteiger partial charge on any atom is 0.264 e. The van der Waals surface area contributed by atoms with E-state index in [0.717, 1.165) is 16.9 Å². The number of carbonyl (C=O) groups is 1. The summed E-state index contributed by atoms with van der Waals surface area (Å²) in [6.07, 6.45) is 4.59. The van der Waals surface area contributed by atoms with Crippen LogP contribution in [0.25, 0.3) is 11.8 Å². The molecular weight excluding hydrogens is 162 g/mol. The molecule has 1 aromatic rings. The second-order valence-electron chi connectivity index (χ2n) is 2.84. The SMILES string of the molecule is C[n+]1c(C=O)ccc2c1=C=C=CC=2. The van der Waals surface area contributed by atoms with E-state index >= 15 is 0 Å². The number of aldehydes is 1. The molecule has 13 heavy (non-hydrogen) atoms. The lowest BCUT2D eigenvalue weighted by molar-refractivity contribution is -0.686. The molecule has 1 aromatic heterocycles. The first-order valence-corrected chi connectivity index (χ1v) is 3.99.